The van der Waals surface area contributed by atoms with Gasteiger partial charge in [-0.1, -0.05) is 59.8 Å². The zero-order valence-electron chi connectivity index (χ0n) is 11.1. The first-order valence-electron chi connectivity index (χ1n) is 6.38. The quantitative estimate of drug-likeness (QED) is 0.462. The molecule has 2 rings (SSSR count). The highest BCUT2D eigenvalue weighted by molar-refractivity contribution is 14.1. The number of alkyl halides is 1. The summed E-state index contributed by atoms with van der Waals surface area (Å²) in [5.41, 5.74) is 1.60. The van der Waals surface area contributed by atoms with Gasteiger partial charge in [-0.2, -0.15) is 0 Å². The first-order valence-corrected chi connectivity index (χ1v) is 7.90. The fourth-order valence-electron chi connectivity index (χ4n) is 2.18. The zero-order valence-corrected chi connectivity index (χ0v) is 13.2. The first kappa shape index (κ1) is 14.4. The van der Waals surface area contributed by atoms with E-state index in [-0.39, 0.29) is 18.0 Å². The van der Waals surface area contributed by atoms with Crippen LogP contribution in [-0.2, 0) is 14.3 Å². The number of halogens is 1. The Balaban J connectivity index is 2.41. The molecule has 3 nitrogen and oxygen atoms in total. The molecule has 0 saturated heterocycles. The summed E-state index contributed by atoms with van der Waals surface area (Å²) >= 11 is 2.29. The molecule has 1 aliphatic rings. The number of carbonyl (C=O) groups is 1. The van der Waals surface area contributed by atoms with Crippen molar-refractivity contribution in [2.45, 2.75) is 20.0 Å². The van der Waals surface area contributed by atoms with E-state index in [0.29, 0.717) is 17.9 Å². The van der Waals surface area contributed by atoms with Gasteiger partial charge in [-0.25, -0.2) is 4.79 Å². The number of hydrogen-bond acceptors (Lipinski definition) is 3. The lowest BCUT2D eigenvalue weighted by Gasteiger charge is -2.13. The maximum atomic E-state index is 12.1. The van der Waals surface area contributed by atoms with Crippen LogP contribution in [0.4, 0.5) is 0 Å². The molecule has 1 aliphatic heterocycles. The molecule has 1 heterocycles. The molecule has 102 valence electrons. The Kier molecular flexibility index (Phi) is 4.85. The summed E-state index contributed by atoms with van der Waals surface area (Å²) in [5, 5.41) is 0. The molecule has 0 radical (unpaired) electrons. The summed E-state index contributed by atoms with van der Waals surface area (Å²) in [5.74, 6) is 0.473. The van der Waals surface area contributed by atoms with E-state index in [1.54, 1.807) is 0 Å². The number of rotatable bonds is 4. The molecule has 2 atom stereocenters. The Morgan fingerprint density at radius 3 is 2.63 bits per heavy atom. The van der Waals surface area contributed by atoms with E-state index in [2.05, 4.69) is 22.6 Å². The summed E-state index contributed by atoms with van der Waals surface area (Å²) in [7, 11) is 0. The van der Waals surface area contributed by atoms with Gasteiger partial charge in [0.2, 0.25) is 0 Å². The SMILES string of the molecule is CCOC(=O)C1=C(c2ccccc2)O[C@@H](CI)[C@@H]1C. The van der Waals surface area contributed by atoms with Crippen molar-refractivity contribution in [1.29, 1.82) is 0 Å². The minimum Gasteiger partial charge on any atom is -0.488 e. The van der Waals surface area contributed by atoms with E-state index >= 15 is 0 Å². The average Bonchev–Trinajstić information content (AvgIpc) is 2.77. The van der Waals surface area contributed by atoms with Crippen LogP contribution in [0, 0.1) is 5.92 Å². The fraction of sp³-hybridized carbons (Fsp3) is 0.400. The highest BCUT2D eigenvalue weighted by Gasteiger charge is 2.38. The number of benzene rings is 1. The van der Waals surface area contributed by atoms with Crippen LogP contribution in [0.5, 0.6) is 0 Å². The number of hydrogen-bond donors (Lipinski definition) is 0. The van der Waals surface area contributed by atoms with Gasteiger partial charge >= 0.3 is 5.97 Å². The van der Waals surface area contributed by atoms with Crippen LogP contribution < -0.4 is 0 Å². The van der Waals surface area contributed by atoms with Gasteiger partial charge < -0.3 is 9.47 Å². The van der Waals surface area contributed by atoms with E-state index in [1.807, 2.05) is 44.2 Å². The van der Waals surface area contributed by atoms with Gasteiger partial charge in [0, 0.05) is 15.9 Å². The van der Waals surface area contributed by atoms with Crippen molar-refractivity contribution in [2.24, 2.45) is 5.92 Å². The summed E-state index contributed by atoms with van der Waals surface area (Å²) in [6.07, 6.45) is 0.0372. The largest absolute Gasteiger partial charge is 0.488 e. The van der Waals surface area contributed by atoms with Gasteiger partial charge in [0.05, 0.1) is 12.2 Å². The lowest BCUT2D eigenvalue weighted by molar-refractivity contribution is -0.138. The van der Waals surface area contributed by atoms with Crippen molar-refractivity contribution >= 4 is 34.3 Å². The Morgan fingerprint density at radius 1 is 1.37 bits per heavy atom. The minimum atomic E-state index is -0.263. The molecule has 0 saturated carbocycles. The highest BCUT2D eigenvalue weighted by atomic mass is 127. The molecule has 19 heavy (non-hydrogen) atoms. The normalized spacial score (nSPS) is 22.3. The molecule has 0 N–H and O–H groups in total. The highest BCUT2D eigenvalue weighted by Crippen LogP contribution is 2.38. The van der Waals surface area contributed by atoms with E-state index in [1.165, 1.54) is 0 Å². The van der Waals surface area contributed by atoms with Crippen molar-refractivity contribution in [2.75, 3.05) is 11.0 Å². The van der Waals surface area contributed by atoms with Gasteiger partial charge in [0.15, 0.2) is 0 Å². The maximum Gasteiger partial charge on any atom is 0.338 e. The third kappa shape index (κ3) is 2.94. The molecule has 0 aliphatic carbocycles. The zero-order chi connectivity index (χ0) is 13.8. The summed E-state index contributed by atoms with van der Waals surface area (Å²) in [4.78, 5) is 12.1. The molecule has 0 fully saturated rings. The summed E-state index contributed by atoms with van der Waals surface area (Å²) in [6, 6.07) is 9.74. The van der Waals surface area contributed by atoms with Crippen LogP contribution in [0.1, 0.15) is 19.4 Å². The predicted octanol–water partition coefficient (Wildman–Crippen LogP) is 3.43. The standard InChI is InChI=1S/C15H17IO3/c1-3-18-15(17)13-10(2)12(9-16)19-14(13)11-7-5-4-6-8-11/h4-8,10,12H,3,9H2,1-2H3/t10-,12-/m0/s1. The second-order valence-electron chi connectivity index (χ2n) is 4.43. The number of esters is 1. The van der Waals surface area contributed by atoms with Crippen molar-refractivity contribution in [1.82, 2.24) is 0 Å². The van der Waals surface area contributed by atoms with Gasteiger partial charge in [0.1, 0.15) is 11.9 Å². The van der Waals surface area contributed by atoms with Crippen LogP contribution in [0.15, 0.2) is 35.9 Å². The molecular formula is C15H17IO3. The molecular weight excluding hydrogens is 355 g/mol. The van der Waals surface area contributed by atoms with E-state index in [4.69, 9.17) is 9.47 Å². The van der Waals surface area contributed by atoms with E-state index in [0.717, 1.165) is 9.99 Å². The molecule has 0 amide bonds. The van der Waals surface area contributed by atoms with Gasteiger partial charge in [-0.3, -0.25) is 0 Å². The number of ether oxygens (including phenoxy) is 2. The lowest BCUT2D eigenvalue weighted by atomic mass is 9.96. The lowest BCUT2D eigenvalue weighted by Crippen LogP contribution is -2.21. The van der Waals surface area contributed by atoms with Crippen LogP contribution in [0.25, 0.3) is 5.76 Å². The van der Waals surface area contributed by atoms with Gasteiger partial charge in [-0.05, 0) is 6.92 Å². The van der Waals surface area contributed by atoms with Crippen molar-refractivity contribution < 1.29 is 14.3 Å². The molecule has 0 bridgehead atoms. The van der Waals surface area contributed by atoms with Crippen LogP contribution in [0.2, 0.25) is 0 Å². The fourth-order valence-corrected chi connectivity index (χ4v) is 3.12. The van der Waals surface area contributed by atoms with Crippen LogP contribution >= 0.6 is 22.6 Å². The van der Waals surface area contributed by atoms with Gasteiger partial charge in [-0.15, -0.1) is 0 Å². The Morgan fingerprint density at radius 2 is 2.05 bits per heavy atom. The van der Waals surface area contributed by atoms with Crippen molar-refractivity contribution in [3.05, 3.63) is 41.5 Å². The Hall–Kier alpha value is -1.04. The Bertz CT molecular complexity index is 481. The maximum absolute atomic E-state index is 12.1. The third-order valence-electron chi connectivity index (χ3n) is 3.21. The van der Waals surface area contributed by atoms with Crippen LogP contribution in [0.3, 0.4) is 0 Å². The van der Waals surface area contributed by atoms with Crippen molar-refractivity contribution in [3.63, 3.8) is 0 Å². The topological polar surface area (TPSA) is 35.5 Å². The second kappa shape index (κ2) is 6.41. The molecule has 0 spiro atoms. The smallest absolute Gasteiger partial charge is 0.338 e. The molecule has 0 unspecified atom stereocenters. The summed E-state index contributed by atoms with van der Waals surface area (Å²) in [6.45, 7) is 4.22. The number of carbonyl (C=O) groups excluding carboxylic acids is 1. The molecule has 0 aromatic heterocycles. The second-order valence-corrected chi connectivity index (χ2v) is 5.31. The van der Waals surface area contributed by atoms with Crippen molar-refractivity contribution in [3.8, 4) is 0 Å². The van der Waals surface area contributed by atoms with Gasteiger partial charge in [0.25, 0.3) is 0 Å². The first-order chi connectivity index (χ1) is 9.19. The average molecular weight is 372 g/mol. The van der Waals surface area contributed by atoms with Crippen LogP contribution in [-0.4, -0.2) is 23.1 Å². The predicted molar refractivity (Wildman–Crippen MR) is 82.9 cm³/mol. The minimum absolute atomic E-state index is 0.0372. The Labute approximate surface area is 127 Å². The van der Waals surface area contributed by atoms with E-state index in [9.17, 15) is 4.79 Å². The monoisotopic (exact) mass is 372 g/mol. The molecule has 1 aromatic carbocycles. The molecule has 4 heteroatoms. The summed E-state index contributed by atoms with van der Waals surface area (Å²) < 4.78 is 12.0. The third-order valence-corrected chi connectivity index (χ3v) is 4.08. The van der Waals surface area contributed by atoms with E-state index < -0.39 is 0 Å². The molecule has 1 aromatic rings.